The van der Waals surface area contributed by atoms with Crippen molar-refractivity contribution in [3.8, 4) is 5.75 Å². The second-order valence-electron chi connectivity index (χ2n) is 7.00. The van der Waals surface area contributed by atoms with Gasteiger partial charge < -0.3 is 14.8 Å². The molecule has 2 N–H and O–H groups in total. The van der Waals surface area contributed by atoms with E-state index in [1.165, 1.54) is 4.88 Å². The van der Waals surface area contributed by atoms with Gasteiger partial charge in [0, 0.05) is 29.5 Å². The molecule has 1 amide bonds. The Kier molecular flexibility index (Phi) is 6.01. The highest BCUT2D eigenvalue weighted by Crippen LogP contribution is 2.31. The van der Waals surface area contributed by atoms with Gasteiger partial charge in [-0.05, 0) is 56.1 Å². The third-order valence-electron chi connectivity index (χ3n) is 5.07. The highest BCUT2D eigenvalue weighted by atomic mass is 32.1. The van der Waals surface area contributed by atoms with Gasteiger partial charge in [0.1, 0.15) is 11.9 Å². The molecule has 2 aliphatic rings. The number of thiazole rings is 1. The van der Waals surface area contributed by atoms with Gasteiger partial charge in [0.2, 0.25) is 0 Å². The maximum absolute atomic E-state index is 12.5. The van der Waals surface area contributed by atoms with Crippen molar-refractivity contribution in [1.82, 2.24) is 10.3 Å². The average Bonchev–Trinajstić information content (AvgIpc) is 3.18. The largest absolute Gasteiger partial charge is 0.490 e. The fraction of sp³-hybridized carbons (Fsp3) is 0.500. The van der Waals surface area contributed by atoms with Crippen LogP contribution in [0.25, 0.3) is 0 Å². The van der Waals surface area contributed by atoms with Crippen LogP contribution in [0, 0.1) is 0 Å². The van der Waals surface area contributed by atoms with Crippen molar-refractivity contribution in [2.45, 2.75) is 37.7 Å². The minimum atomic E-state index is -0.140. The fourth-order valence-electron chi connectivity index (χ4n) is 3.48. The molecule has 6 nitrogen and oxygen atoms in total. The smallest absolute Gasteiger partial charge is 0.257 e. The standard InChI is InChI=1S/C20H25N3O3S/c24-19(23-20-22-13-18(27-20)14-5-9-21-10-6-14)15-1-3-16(4-2-15)26-17-7-11-25-12-8-17/h1-4,13-14,17,21H,5-12H2,(H,22,23,24). The lowest BCUT2D eigenvalue weighted by Gasteiger charge is -2.23. The van der Waals surface area contributed by atoms with Gasteiger partial charge in [0.05, 0.1) is 13.2 Å². The summed E-state index contributed by atoms with van der Waals surface area (Å²) < 4.78 is 11.3. The number of rotatable bonds is 5. The second kappa shape index (κ2) is 8.82. The molecule has 2 aromatic rings. The van der Waals surface area contributed by atoms with E-state index in [9.17, 15) is 4.79 Å². The molecule has 0 saturated carbocycles. The number of piperidine rings is 1. The lowest BCUT2D eigenvalue weighted by atomic mass is 9.97. The number of hydrogen-bond acceptors (Lipinski definition) is 6. The van der Waals surface area contributed by atoms with E-state index < -0.39 is 0 Å². The third kappa shape index (κ3) is 4.86. The van der Waals surface area contributed by atoms with Gasteiger partial charge >= 0.3 is 0 Å². The molecule has 1 aromatic carbocycles. The zero-order valence-electron chi connectivity index (χ0n) is 15.3. The fourth-order valence-corrected chi connectivity index (χ4v) is 4.46. The number of carbonyl (C=O) groups excluding carboxylic acids is 1. The first-order valence-electron chi connectivity index (χ1n) is 9.60. The number of aromatic nitrogens is 1. The van der Waals surface area contributed by atoms with E-state index in [2.05, 4.69) is 15.6 Å². The van der Waals surface area contributed by atoms with Crippen LogP contribution in [0.5, 0.6) is 5.75 Å². The van der Waals surface area contributed by atoms with Gasteiger partial charge in [-0.1, -0.05) is 0 Å². The summed E-state index contributed by atoms with van der Waals surface area (Å²) in [7, 11) is 0. The monoisotopic (exact) mass is 387 g/mol. The number of benzene rings is 1. The van der Waals surface area contributed by atoms with Crippen LogP contribution in [0.2, 0.25) is 0 Å². The molecule has 27 heavy (non-hydrogen) atoms. The minimum Gasteiger partial charge on any atom is -0.490 e. The van der Waals surface area contributed by atoms with Gasteiger partial charge in [-0.3, -0.25) is 10.1 Å². The summed E-state index contributed by atoms with van der Waals surface area (Å²) in [6.45, 7) is 3.59. The number of nitrogens with zero attached hydrogens (tertiary/aromatic N) is 1. The van der Waals surface area contributed by atoms with E-state index in [4.69, 9.17) is 9.47 Å². The predicted octanol–water partition coefficient (Wildman–Crippen LogP) is 3.42. The molecule has 2 saturated heterocycles. The van der Waals surface area contributed by atoms with Crippen LogP contribution in [0.1, 0.15) is 46.8 Å². The van der Waals surface area contributed by atoms with Crippen molar-refractivity contribution >= 4 is 22.4 Å². The number of anilines is 1. The summed E-state index contributed by atoms with van der Waals surface area (Å²) in [5, 5.41) is 6.95. The van der Waals surface area contributed by atoms with Crippen molar-refractivity contribution in [3.05, 3.63) is 40.9 Å². The summed E-state index contributed by atoms with van der Waals surface area (Å²) in [5.74, 6) is 1.20. The number of hydrogen-bond donors (Lipinski definition) is 2. The van der Waals surface area contributed by atoms with Crippen molar-refractivity contribution < 1.29 is 14.3 Å². The molecule has 0 atom stereocenters. The molecule has 0 radical (unpaired) electrons. The quantitative estimate of drug-likeness (QED) is 0.822. The Bertz CT molecular complexity index is 750. The first kappa shape index (κ1) is 18.4. The minimum absolute atomic E-state index is 0.140. The van der Waals surface area contributed by atoms with Crippen LogP contribution in [0.3, 0.4) is 0 Å². The maximum atomic E-state index is 12.5. The molecule has 4 rings (SSSR count). The highest BCUT2D eigenvalue weighted by Gasteiger charge is 2.19. The molecule has 1 aromatic heterocycles. The maximum Gasteiger partial charge on any atom is 0.257 e. The Morgan fingerprint density at radius 1 is 1.15 bits per heavy atom. The average molecular weight is 388 g/mol. The Balaban J connectivity index is 1.33. The Hall–Kier alpha value is -1.96. The van der Waals surface area contributed by atoms with Crippen LogP contribution in [-0.4, -0.2) is 43.3 Å². The molecule has 0 spiro atoms. The van der Waals surface area contributed by atoms with Crippen LogP contribution in [0.15, 0.2) is 30.5 Å². The molecule has 7 heteroatoms. The number of amides is 1. The van der Waals surface area contributed by atoms with Crippen molar-refractivity contribution in [2.75, 3.05) is 31.6 Å². The number of nitrogens with one attached hydrogen (secondary N) is 2. The van der Waals surface area contributed by atoms with Gasteiger partial charge in [-0.15, -0.1) is 11.3 Å². The summed E-state index contributed by atoms with van der Waals surface area (Å²) in [6.07, 6.45) is 6.18. The molecule has 0 aliphatic carbocycles. The van der Waals surface area contributed by atoms with E-state index in [0.717, 1.165) is 57.7 Å². The Morgan fingerprint density at radius 2 is 1.89 bits per heavy atom. The normalized spacial score (nSPS) is 19.0. The molecule has 2 fully saturated rings. The predicted molar refractivity (Wildman–Crippen MR) is 106 cm³/mol. The van der Waals surface area contributed by atoms with E-state index in [0.29, 0.717) is 16.6 Å². The highest BCUT2D eigenvalue weighted by molar-refractivity contribution is 7.15. The third-order valence-corrected chi connectivity index (χ3v) is 6.15. The van der Waals surface area contributed by atoms with Crippen LogP contribution in [0.4, 0.5) is 5.13 Å². The summed E-state index contributed by atoms with van der Waals surface area (Å²) in [5.41, 5.74) is 0.605. The molecular weight excluding hydrogens is 362 g/mol. The van der Waals surface area contributed by atoms with Crippen LogP contribution < -0.4 is 15.4 Å². The molecular formula is C20H25N3O3S. The Morgan fingerprint density at radius 3 is 2.63 bits per heavy atom. The molecule has 0 unspecified atom stereocenters. The van der Waals surface area contributed by atoms with E-state index in [1.54, 1.807) is 23.5 Å². The van der Waals surface area contributed by atoms with Crippen molar-refractivity contribution in [3.63, 3.8) is 0 Å². The number of ether oxygens (including phenoxy) is 2. The SMILES string of the molecule is O=C(Nc1ncc(C2CCNCC2)s1)c1ccc(OC2CCOCC2)cc1. The number of carbonyl (C=O) groups is 1. The van der Waals surface area contributed by atoms with E-state index >= 15 is 0 Å². The first-order chi connectivity index (χ1) is 13.3. The second-order valence-corrected chi connectivity index (χ2v) is 8.06. The molecule has 3 heterocycles. The topological polar surface area (TPSA) is 72.5 Å². The van der Waals surface area contributed by atoms with Crippen LogP contribution in [-0.2, 0) is 4.74 Å². The summed E-state index contributed by atoms with van der Waals surface area (Å²) in [6, 6.07) is 7.30. The van der Waals surface area contributed by atoms with Gasteiger partial charge in [-0.25, -0.2) is 4.98 Å². The molecule has 144 valence electrons. The summed E-state index contributed by atoms with van der Waals surface area (Å²) >= 11 is 1.58. The van der Waals surface area contributed by atoms with Crippen molar-refractivity contribution in [1.29, 1.82) is 0 Å². The molecule has 0 bridgehead atoms. The first-order valence-corrected chi connectivity index (χ1v) is 10.4. The lowest BCUT2D eigenvalue weighted by molar-refractivity contribution is 0.0256. The van der Waals surface area contributed by atoms with Gasteiger partial charge in [-0.2, -0.15) is 0 Å². The zero-order valence-corrected chi connectivity index (χ0v) is 16.1. The molecule has 2 aliphatic heterocycles. The Labute approximate surface area is 163 Å². The van der Waals surface area contributed by atoms with E-state index in [1.807, 2.05) is 18.3 Å². The van der Waals surface area contributed by atoms with Crippen LogP contribution >= 0.6 is 11.3 Å². The van der Waals surface area contributed by atoms with Gasteiger partial charge in [0.15, 0.2) is 5.13 Å². The zero-order chi connectivity index (χ0) is 18.5. The summed E-state index contributed by atoms with van der Waals surface area (Å²) in [4.78, 5) is 18.1. The van der Waals surface area contributed by atoms with Crippen molar-refractivity contribution in [2.24, 2.45) is 0 Å². The van der Waals surface area contributed by atoms with Gasteiger partial charge in [0.25, 0.3) is 5.91 Å². The lowest BCUT2D eigenvalue weighted by Crippen LogP contribution is -2.26. The van der Waals surface area contributed by atoms with E-state index in [-0.39, 0.29) is 12.0 Å².